The van der Waals surface area contributed by atoms with Gasteiger partial charge in [-0.2, -0.15) is 0 Å². The molecule has 0 spiro atoms. The number of rotatable bonds is 6. The quantitative estimate of drug-likeness (QED) is 0.785. The van der Waals surface area contributed by atoms with Crippen LogP contribution in [0.3, 0.4) is 0 Å². The summed E-state index contributed by atoms with van der Waals surface area (Å²) in [5, 5.41) is 6.41. The van der Waals surface area contributed by atoms with Crippen molar-refractivity contribution in [2.75, 3.05) is 5.32 Å². The van der Waals surface area contributed by atoms with Crippen LogP contribution in [0.5, 0.6) is 0 Å². The van der Waals surface area contributed by atoms with Crippen molar-refractivity contribution in [2.24, 2.45) is 0 Å². The second-order valence-electron chi connectivity index (χ2n) is 3.52. The number of hydrogen-bond donors (Lipinski definition) is 1. The third kappa shape index (κ3) is 4.42. The lowest BCUT2D eigenvalue weighted by Crippen LogP contribution is -2.14. The van der Waals surface area contributed by atoms with Crippen LogP contribution in [0.2, 0.25) is 0 Å². The van der Waals surface area contributed by atoms with Gasteiger partial charge in [0.2, 0.25) is 0 Å². The molecular weight excluding hydrogens is 260 g/mol. The molecule has 0 aliphatic carbocycles. The highest BCUT2D eigenvalue weighted by atomic mass is 79.9. The molecule has 0 fully saturated rings. The van der Waals surface area contributed by atoms with Gasteiger partial charge in [0.05, 0.1) is 0 Å². The van der Waals surface area contributed by atoms with Gasteiger partial charge >= 0.3 is 0 Å². The highest BCUT2D eigenvalue weighted by Crippen LogP contribution is 2.20. The fraction of sp³-hybridized carbons (Fsp3) is 0.700. The number of nitrogens with zero attached hydrogens (tertiary/aromatic N) is 1. The number of aromatic nitrogens is 1. The maximum absolute atomic E-state index is 4.30. The summed E-state index contributed by atoms with van der Waals surface area (Å²) in [4.78, 5) is 4.30. The van der Waals surface area contributed by atoms with Crippen LogP contribution in [0.25, 0.3) is 0 Å². The molecule has 0 aliphatic heterocycles. The number of nitrogens with one attached hydrogen (secondary N) is 1. The summed E-state index contributed by atoms with van der Waals surface area (Å²) in [6, 6.07) is 0.527. The zero-order chi connectivity index (χ0) is 10.4. The summed E-state index contributed by atoms with van der Waals surface area (Å²) in [6.07, 6.45) is 5.14. The van der Waals surface area contributed by atoms with Crippen LogP contribution in [0.4, 0.5) is 5.13 Å². The number of halogens is 1. The minimum absolute atomic E-state index is 0.527. The SMILES string of the molecule is CCCCCC(C)Nc1nc(Br)cs1. The van der Waals surface area contributed by atoms with Gasteiger partial charge in [0, 0.05) is 11.4 Å². The van der Waals surface area contributed by atoms with Gasteiger partial charge < -0.3 is 5.32 Å². The summed E-state index contributed by atoms with van der Waals surface area (Å²) in [6.45, 7) is 4.45. The Labute approximate surface area is 98.3 Å². The average molecular weight is 277 g/mol. The largest absolute Gasteiger partial charge is 0.359 e. The molecule has 4 heteroatoms. The molecule has 0 radical (unpaired) electrons. The first-order valence-electron chi connectivity index (χ1n) is 5.10. The summed E-state index contributed by atoms with van der Waals surface area (Å²) >= 11 is 4.99. The summed E-state index contributed by atoms with van der Waals surface area (Å²) in [7, 11) is 0. The molecule has 1 aromatic rings. The van der Waals surface area contributed by atoms with Crippen molar-refractivity contribution >= 4 is 32.4 Å². The molecule has 0 saturated carbocycles. The van der Waals surface area contributed by atoms with Crippen molar-refractivity contribution < 1.29 is 0 Å². The van der Waals surface area contributed by atoms with Gasteiger partial charge in [0.25, 0.3) is 0 Å². The Kier molecular flexibility index (Phi) is 5.48. The average Bonchev–Trinajstić information content (AvgIpc) is 2.52. The highest BCUT2D eigenvalue weighted by Gasteiger charge is 2.04. The first-order valence-corrected chi connectivity index (χ1v) is 6.77. The van der Waals surface area contributed by atoms with E-state index in [1.165, 1.54) is 25.7 Å². The normalized spacial score (nSPS) is 12.8. The number of unbranched alkanes of at least 4 members (excludes halogenated alkanes) is 2. The smallest absolute Gasteiger partial charge is 0.183 e. The first kappa shape index (κ1) is 12.0. The Bertz CT molecular complexity index is 262. The third-order valence-corrected chi connectivity index (χ3v) is 3.57. The predicted molar refractivity (Wildman–Crippen MR) is 67.0 cm³/mol. The van der Waals surface area contributed by atoms with E-state index >= 15 is 0 Å². The lowest BCUT2D eigenvalue weighted by molar-refractivity contribution is 0.615. The van der Waals surface area contributed by atoms with E-state index in [0.717, 1.165) is 9.73 Å². The predicted octanol–water partition coefficient (Wildman–Crippen LogP) is 4.29. The Morgan fingerprint density at radius 3 is 2.93 bits per heavy atom. The molecule has 14 heavy (non-hydrogen) atoms. The first-order chi connectivity index (χ1) is 6.72. The van der Waals surface area contributed by atoms with Crippen LogP contribution < -0.4 is 5.32 Å². The van der Waals surface area contributed by atoms with Crippen molar-refractivity contribution in [3.63, 3.8) is 0 Å². The van der Waals surface area contributed by atoms with Gasteiger partial charge in [0.15, 0.2) is 5.13 Å². The zero-order valence-electron chi connectivity index (χ0n) is 8.72. The Balaban J connectivity index is 2.23. The molecule has 1 rings (SSSR count). The van der Waals surface area contributed by atoms with Gasteiger partial charge in [-0.3, -0.25) is 0 Å². The fourth-order valence-electron chi connectivity index (χ4n) is 1.30. The van der Waals surface area contributed by atoms with Crippen molar-refractivity contribution in [3.05, 3.63) is 9.98 Å². The zero-order valence-corrected chi connectivity index (χ0v) is 11.1. The van der Waals surface area contributed by atoms with Crippen molar-refractivity contribution in [1.29, 1.82) is 0 Å². The molecule has 0 bridgehead atoms. The van der Waals surface area contributed by atoms with Crippen LogP contribution in [0.1, 0.15) is 39.5 Å². The maximum atomic E-state index is 4.30. The minimum atomic E-state index is 0.527. The van der Waals surface area contributed by atoms with E-state index in [-0.39, 0.29) is 0 Å². The standard InChI is InChI=1S/C10H17BrN2S/c1-3-4-5-6-8(2)12-10-13-9(11)7-14-10/h7-8H,3-6H2,1-2H3,(H,12,13). The molecule has 0 aromatic carbocycles. The molecule has 1 heterocycles. The third-order valence-electron chi connectivity index (χ3n) is 2.09. The minimum Gasteiger partial charge on any atom is -0.359 e. The fourth-order valence-corrected chi connectivity index (χ4v) is 2.56. The molecule has 1 aromatic heterocycles. The van der Waals surface area contributed by atoms with Gasteiger partial charge in [-0.05, 0) is 29.3 Å². The van der Waals surface area contributed by atoms with Crippen LogP contribution in [0.15, 0.2) is 9.98 Å². The van der Waals surface area contributed by atoms with Crippen LogP contribution in [-0.2, 0) is 0 Å². The van der Waals surface area contributed by atoms with Crippen LogP contribution in [0, 0.1) is 0 Å². The summed E-state index contributed by atoms with van der Waals surface area (Å²) < 4.78 is 0.922. The molecular formula is C10H17BrN2S. The number of hydrogen-bond acceptors (Lipinski definition) is 3. The highest BCUT2D eigenvalue weighted by molar-refractivity contribution is 9.10. The van der Waals surface area contributed by atoms with Gasteiger partial charge in [0.1, 0.15) is 4.60 Å². The molecule has 1 atom stereocenters. The molecule has 1 N–H and O–H groups in total. The maximum Gasteiger partial charge on any atom is 0.183 e. The molecule has 0 saturated heterocycles. The van der Waals surface area contributed by atoms with E-state index in [1.807, 2.05) is 5.38 Å². The van der Waals surface area contributed by atoms with E-state index in [2.05, 4.69) is 40.1 Å². The van der Waals surface area contributed by atoms with E-state index in [0.29, 0.717) is 6.04 Å². The molecule has 2 nitrogen and oxygen atoms in total. The Hall–Kier alpha value is -0.0900. The summed E-state index contributed by atoms with van der Waals surface area (Å²) in [5.41, 5.74) is 0. The van der Waals surface area contributed by atoms with E-state index in [4.69, 9.17) is 0 Å². The number of thiazole rings is 1. The van der Waals surface area contributed by atoms with Crippen molar-refractivity contribution in [3.8, 4) is 0 Å². The van der Waals surface area contributed by atoms with Gasteiger partial charge in [-0.25, -0.2) is 4.98 Å². The van der Waals surface area contributed by atoms with E-state index < -0.39 is 0 Å². The van der Waals surface area contributed by atoms with E-state index in [9.17, 15) is 0 Å². The number of anilines is 1. The molecule has 0 aliphatic rings. The Morgan fingerprint density at radius 2 is 2.36 bits per heavy atom. The monoisotopic (exact) mass is 276 g/mol. The van der Waals surface area contributed by atoms with Gasteiger partial charge in [-0.15, -0.1) is 11.3 Å². The molecule has 0 amide bonds. The topological polar surface area (TPSA) is 24.9 Å². The van der Waals surface area contributed by atoms with Crippen molar-refractivity contribution in [1.82, 2.24) is 4.98 Å². The second-order valence-corrected chi connectivity index (χ2v) is 5.19. The van der Waals surface area contributed by atoms with E-state index in [1.54, 1.807) is 11.3 Å². The van der Waals surface area contributed by atoms with Gasteiger partial charge in [-0.1, -0.05) is 26.2 Å². The second kappa shape index (κ2) is 6.40. The lowest BCUT2D eigenvalue weighted by atomic mass is 10.1. The molecule has 80 valence electrons. The summed E-state index contributed by atoms with van der Waals surface area (Å²) in [5.74, 6) is 0. The van der Waals surface area contributed by atoms with Crippen molar-refractivity contribution in [2.45, 2.75) is 45.6 Å². The van der Waals surface area contributed by atoms with Crippen LogP contribution >= 0.6 is 27.3 Å². The lowest BCUT2D eigenvalue weighted by Gasteiger charge is -2.11. The Morgan fingerprint density at radius 1 is 1.57 bits per heavy atom. The molecule has 1 unspecified atom stereocenters. The van der Waals surface area contributed by atoms with Crippen LogP contribution in [-0.4, -0.2) is 11.0 Å².